The number of amides is 2. The summed E-state index contributed by atoms with van der Waals surface area (Å²) in [6, 6.07) is 20.0. The molecule has 0 saturated carbocycles. The lowest BCUT2D eigenvalue weighted by Gasteiger charge is -2.20. The Bertz CT molecular complexity index is 1350. The third-order valence-corrected chi connectivity index (χ3v) is 6.04. The highest BCUT2D eigenvalue weighted by Crippen LogP contribution is 2.37. The Labute approximate surface area is 214 Å². The number of hydrogen-bond donors (Lipinski definition) is 5. The lowest BCUT2D eigenvalue weighted by atomic mass is 9.97. The van der Waals surface area contributed by atoms with E-state index >= 15 is 0 Å². The van der Waals surface area contributed by atoms with Crippen LogP contribution in [0.25, 0.3) is 11.1 Å². The predicted molar refractivity (Wildman–Crippen MR) is 141 cm³/mol. The monoisotopic (exact) mass is 499 g/mol. The lowest BCUT2D eigenvalue weighted by molar-refractivity contribution is -0.143. The highest BCUT2D eigenvalue weighted by Gasteiger charge is 2.23. The standard InChI is InChI=1S/C28H29N5O4/c1-2-37-26(35)15-24(18-10-11-23-20(13-18)12-17-6-3-4-9-22(17)23)33-25(34)16-31-27(36)19-7-5-8-21(14-19)32-28(29)30/h3-11,13-14,24H,2,12,15-16H2,1H3,(H,31,36)(H,33,34)(H4,29,30,32). The second-order valence-corrected chi connectivity index (χ2v) is 8.68. The fourth-order valence-corrected chi connectivity index (χ4v) is 4.42. The SMILES string of the molecule is CCOC(=O)CC(NC(=O)CNC(=O)c1cccc(NC(=N)N)c1)c1ccc2c(c1)Cc1ccccc1-2. The Morgan fingerprint density at radius 3 is 2.57 bits per heavy atom. The number of nitrogens with two attached hydrogens (primary N) is 1. The van der Waals surface area contributed by atoms with Crippen LogP contribution in [-0.4, -0.2) is 36.9 Å². The number of benzene rings is 3. The lowest BCUT2D eigenvalue weighted by Crippen LogP contribution is -2.39. The number of rotatable bonds is 9. The van der Waals surface area contributed by atoms with Gasteiger partial charge in [-0.05, 0) is 59.4 Å². The van der Waals surface area contributed by atoms with Gasteiger partial charge in [0.25, 0.3) is 5.91 Å². The minimum Gasteiger partial charge on any atom is -0.466 e. The third-order valence-electron chi connectivity index (χ3n) is 6.04. The number of carbonyl (C=O) groups is 3. The summed E-state index contributed by atoms with van der Waals surface area (Å²) in [5, 5.41) is 15.4. The average Bonchev–Trinajstić information content (AvgIpc) is 3.24. The molecule has 0 bridgehead atoms. The predicted octanol–water partition coefficient (Wildman–Crippen LogP) is 3.10. The first-order valence-corrected chi connectivity index (χ1v) is 12.0. The summed E-state index contributed by atoms with van der Waals surface area (Å²) in [5.74, 6) is -1.57. The van der Waals surface area contributed by atoms with E-state index in [2.05, 4.69) is 28.1 Å². The Balaban J connectivity index is 1.44. The molecule has 0 aliphatic heterocycles. The number of guanidine groups is 1. The van der Waals surface area contributed by atoms with E-state index in [0.717, 1.165) is 23.1 Å². The zero-order valence-corrected chi connectivity index (χ0v) is 20.5. The number of anilines is 1. The van der Waals surface area contributed by atoms with E-state index in [-0.39, 0.29) is 25.5 Å². The van der Waals surface area contributed by atoms with E-state index in [1.54, 1.807) is 25.1 Å². The summed E-state index contributed by atoms with van der Waals surface area (Å²) < 4.78 is 5.12. The first-order valence-electron chi connectivity index (χ1n) is 12.0. The largest absolute Gasteiger partial charge is 0.466 e. The van der Waals surface area contributed by atoms with Gasteiger partial charge >= 0.3 is 5.97 Å². The Morgan fingerprint density at radius 2 is 1.78 bits per heavy atom. The van der Waals surface area contributed by atoms with Crippen LogP contribution < -0.4 is 21.7 Å². The summed E-state index contributed by atoms with van der Waals surface area (Å²) >= 11 is 0. The summed E-state index contributed by atoms with van der Waals surface area (Å²) in [6.07, 6.45) is 0.755. The van der Waals surface area contributed by atoms with Gasteiger partial charge in [-0.3, -0.25) is 19.8 Å². The van der Waals surface area contributed by atoms with Gasteiger partial charge in [0.15, 0.2) is 5.96 Å². The van der Waals surface area contributed by atoms with E-state index < -0.39 is 23.8 Å². The molecule has 9 heteroatoms. The molecule has 37 heavy (non-hydrogen) atoms. The van der Waals surface area contributed by atoms with Crippen LogP contribution >= 0.6 is 0 Å². The van der Waals surface area contributed by atoms with E-state index in [4.69, 9.17) is 15.9 Å². The molecule has 2 amide bonds. The fraction of sp³-hybridized carbons (Fsp3) is 0.214. The van der Waals surface area contributed by atoms with Crippen LogP contribution in [0.5, 0.6) is 0 Å². The van der Waals surface area contributed by atoms with Crippen molar-refractivity contribution in [2.24, 2.45) is 5.73 Å². The van der Waals surface area contributed by atoms with Gasteiger partial charge in [0.1, 0.15) is 0 Å². The quantitative estimate of drug-likeness (QED) is 0.136. The van der Waals surface area contributed by atoms with Gasteiger partial charge in [-0.15, -0.1) is 0 Å². The molecule has 1 unspecified atom stereocenters. The topological polar surface area (TPSA) is 146 Å². The molecule has 3 aromatic rings. The molecule has 9 nitrogen and oxygen atoms in total. The fourth-order valence-electron chi connectivity index (χ4n) is 4.42. The van der Waals surface area contributed by atoms with E-state index in [9.17, 15) is 14.4 Å². The summed E-state index contributed by atoms with van der Waals surface area (Å²) in [5.41, 5.74) is 11.6. The van der Waals surface area contributed by atoms with E-state index in [1.807, 2.05) is 30.3 Å². The molecule has 4 rings (SSSR count). The highest BCUT2D eigenvalue weighted by molar-refractivity contribution is 5.98. The number of nitrogens with one attached hydrogen (secondary N) is 4. The maximum atomic E-state index is 12.8. The maximum Gasteiger partial charge on any atom is 0.308 e. The van der Waals surface area contributed by atoms with Crippen molar-refractivity contribution in [3.05, 3.63) is 89.0 Å². The highest BCUT2D eigenvalue weighted by atomic mass is 16.5. The van der Waals surface area contributed by atoms with Crippen molar-refractivity contribution in [1.82, 2.24) is 10.6 Å². The molecule has 0 radical (unpaired) electrons. The molecule has 0 spiro atoms. The average molecular weight is 500 g/mol. The van der Waals surface area contributed by atoms with Crippen LogP contribution in [0, 0.1) is 5.41 Å². The summed E-state index contributed by atoms with van der Waals surface area (Å²) in [4.78, 5) is 37.7. The minimum atomic E-state index is -0.611. The van der Waals surface area contributed by atoms with Crippen LogP contribution in [0.15, 0.2) is 66.7 Å². The van der Waals surface area contributed by atoms with Crippen LogP contribution in [-0.2, 0) is 20.7 Å². The molecule has 1 aliphatic carbocycles. The smallest absolute Gasteiger partial charge is 0.308 e. The zero-order valence-electron chi connectivity index (χ0n) is 20.5. The Hall–Kier alpha value is -4.66. The molecule has 6 N–H and O–H groups in total. The van der Waals surface area contributed by atoms with E-state index in [1.165, 1.54) is 17.2 Å². The second kappa shape index (κ2) is 11.4. The van der Waals surface area contributed by atoms with Gasteiger partial charge in [-0.2, -0.15) is 0 Å². The molecule has 3 aromatic carbocycles. The van der Waals surface area contributed by atoms with Crippen LogP contribution in [0.3, 0.4) is 0 Å². The van der Waals surface area contributed by atoms with Gasteiger partial charge in [0.2, 0.25) is 5.91 Å². The number of carbonyl (C=O) groups excluding carboxylic acids is 3. The number of ether oxygens (including phenoxy) is 1. The number of fused-ring (bicyclic) bond motifs is 3. The molecule has 1 atom stereocenters. The molecule has 0 heterocycles. The Morgan fingerprint density at radius 1 is 1.00 bits per heavy atom. The van der Waals surface area contributed by atoms with Crippen molar-refractivity contribution in [1.29, 1.82) is 5.41 Å². The van der Waals surface area contributed by atoms with Gasteiger partial charge in [0, 0.05) is 11.3 Å². The van der Waals surface area contributed by atoms with Crippen molar-refractivity contribution in [3.63, 3.8) is 0 Å². The van der Waals surface area contributed by atoms with Crippen LogP contribution in [0.1, 0.15) is 46.4 Å². The van der Waals surface area contributed by atoms with Gasteiger partial charge < -0.3 is 26.4 Å². The van der Waals surface area contributed by atoms with Crippen molar-refractivity contribution >= 4 is 29.4 Å². The Kier molecular flexibility index (Phi) is 7.83. The molecule has 0 saturated heterocycles. The van der Waals surface area contributed by atoms with Crippen LogP contribution in [0.4, 0.5) is 5.69 Å². The molecular weight excluding hydrogens is 470 g/mol. The third kappa shape index (κ3) is 6.32. The normalized spacial score (nSPS) is 12.0. The molecule has 190 valence electrons. The molecular formula is C28H29N5O4. The first-order chi connectivity index (χ1) is 17.8. The van der Waals surface area contributed by atoms with Crippen molar-refractivity contribution in [2.75, 3.05) is 18.5 Å². The van der Waals surface area contributed by atoms with E-state index in [0.29, 0.717) is 11.3 Å². The second-order valence-electron chi connectivity index (χ2n) is 8.68. The van der Waals surface area contributed by atoms with Crippen molar-refractivity contribution in [3.8, 4) is 11.1 Å². The number of esters is 1. The van der Waals surface area contributed by atoms with Gasteiger partial charge in [0.05, 0.1) is 25.6 Å². The zero-order chi connectivity index (χ0) is 26.4. The molecule has 0 fully saturated rings. The van der Waals surface area contributed by atoms with Crippen molar-refractivity contribution < 1.29 is 19.1 Å². The molecule has 1 aliphatic rings. The maximum absolute atomic E-state index is 12.8. The minimum absolute atomic E-state index is 0.0297. The van der Waals surface area contributed by atoms with Crippen LogP contribution in [0.2, 0.25) is 0 Å². The summed E-state index contributed by atoms with van der Waals surface area (Å²) in [7, 11) is 0. The van der Waals surface area contributed by atoms with Gasteiger partial charge in [-0.1, -0.05) is 48.5 Å². The molecule has 0 aromatic heterocycles. The first kappa shape index (κ1) is 25.4. The van der Waals surface area contributed by atoms with Crippen molar-refractivity contribution in [2.45, 2.75) is 25.8 Å². The summed E-state index contributed by atoms with van der Waals surface area (Å²) in [6.45, 7) is 1.69. The van der Waals surface area contributed by atoms with Gasteiger partial charge in [-0.25, -0.2) is 0 Å². The number of hydrogen-bond acceptors (Lipinski definition) is 5.